The van der Waals surface area contributed by atoms with Crippen molar-refractivity contribution in [2.45, 2.75) is 39.0 Å². The summed E-state index contributed by atoms with van der Waals surface area (Å²) in [4.78, 5) is 17.1. The van der Waals surface area contributed by atoms with Crippen LogP contribution in [0, 0.1) is 5.92 Å². The first kappa shape index (κ1) is 25.5. The summed E-state index contributed by atoms with van der Waals surface area (Å²) in [7, 11) is 0. The summed E-state index contributed by atoms with van der Waals surface area (Å²) in [5, 5.41) is 2.81. The smallest absolute Gasteiger partial charge is 0.387 e. The molecule has 1 atom stereocenters. The van der Waals surface area contributed by atoms with Crippen molar-refractivity contribution in [3.63, 3.8) is 0 Å². The summed E-state index contributed by atoms with van der Waals surface area (Å²) in [6, 6.07) is 13.3. The van der Waals surface area contributed by atoms with E-state index in [4.69, 9.17) is 14.9 Å². The van der Waals surface area contributed by atoms with Crippen LogP contribution in [0.15, 0.2) is 52.9 Å². The highest BCUT2D eigenvalue weighted by molar-refractivity contribution is 5.94. The second kappa shape index (κ2) is 11.3. The number of halogens is 3. The number of carbonyl (C=O) groups is 1. The maximum Gasteiger partial charge on any atom is 0.387 e. The van der Waals surface area contributed by atoms with Crippen LogP contribution in [0.25, 0.3) is 11.5 Å². The largest absolute Gasteiger partial charge is 0.489 e. The van der Waals surface area contributed by atoms with E-state index in [9.17, 15) is 13.6 Å². The maximum absolute atomic E-state index is 12.8. The molecule has 1 heterocycles. The fourth-order valence-electron chi connectivity index (χ4n) is 3.23. The molecule has 1 aliphatic carbocycles. The van der Waals surface area contributed by atoms with Gasteiger partial charge in [0.15, 0.2) is 23.0 Å². The van der Waals surface area contributed by atoms with Crippen LogP contribution in [0.3, 0.4) is 0 Å². The third kappa shape index (κ3) is 6.45. The number of alkyl halides is 2. The standard InChI is InChI=1S/C24H25F2N3O4.ClH/c1-14(27)21-20(22(30)28-12-15-5-3-2-4-6-15)29-23(33-21)17-9-10-18(32-24(25)26)19(11-17)31-13-16-7-8-16;/h2-6,9-11,14,16,24H,7-8,12-13,27H2,1H3,(H,28,30);1H/t14-;/m0./s1. The van der Waals surface area contributed by atoms with E-state index in [1.54, 1.807) is 6.92 Å². The zero-order chi connectivity index (χ0) is 23.4. The zero-order valence-corrected chi connectivity index (χ0v) is 19.3. The molecule has 1 aromatic heterocycles. The Kier molecular flexibility index (Phi) is 8.46. The lowest BCUT2D eigenvalue weighted by molar-refractivity contribution is -0.0515. The highest BCUT2D eigenvalue weighted by Crippen LogP contribution is 2.37. The van der Waals surface area contributed by atoms with Crippen molar-refractivity contribution in [3.8, 4) is 23.0 Å². The van der Waals surface area contributed by atoms with Crippen LogP contribution in [0.5, 0.6) is 11.5 Å². The van der Waals surface area contributed by atoms with Crippen molar-refractivity contribution in [1.82, 2.24) is 10.3 Å². The van der Waals surface area contributed by atoms with E-state index < -0.39 is 18.6 Å². The first-order valence-corrected chi connectivity index (χ1v) is 10.7. The summed E-state index contributed by atoms with van der Waals surface area (Å²) in [6.07, 6.45) is 2.09. The molecule has 34 heavy (non-hydrogen) atoms. The molecule has 0 bridgehead atoms. The second-order valence-electron chi connectivity index (χ2n) is 7.98. The van der Waals surface area contributed by atoms with E-state index in [2.05, 4.69) is 15.0 Å². The summed E-state index contributed by atoms with van der Waals surface area (Å²) in [5.41, 5.74) is 7.46. The predicted molar refractivity (Wildman–Crippen MR) is 124 cm³/mol. The molecule has 2 aromatic carbocycles. The van der Waals surface area contributed by atoms with Crippen molar-refractivity contribution in [2.75, 3.05) is 6.61 Å². The Morgan fingerprint density at radius 3 is 2.59 bits per heavy atom. The number of carbonyl (C=O) groups excluding carboxylic acids is 1. The quantitative estimate of drug-likeness (QED) is 0.407. The van der Waals surface area contributed by atoms with Gasteiger partial charge in [0.05, 0.1) is 12.6 Å². The Hall–Kier alpha value is -3.17. The highest BCUT2D eigenvalue weighted by atomic mass is 35.5. The Labute approximate surface area is 202 Å². The number of hydrogen-bond donors (Lipinski definition) is 2. The number of ether oxygens (including phenoxy) is 2. The first-order valence-electron chi connectivity index (χ1n) is 10.7. The number of benzene rings is 2. The number of oxazole rings is 1. The molecule has 1 fully saturated rings. The van der Waals surface area contributed by atoms with Crippen LogP contribution in [-0.4, -0.2) is 24.1 Å². The van der Waals surface area contributed by atoms with Crippen molar-refractivity contribution < 1.29 is 27.5 Å². The lowest BCUT2D eigenvalue weighted by Crippen LogP contribution is -2.25. The molecule has 1 amide bonds. The Bertz CT molecular complexity index is 1100. The zero-order valence-electron chi connectivity index (χ0n) is 18.5. The van der Waals surface area contributed by atoms with Gasteiger partial charge in [0, 0.05) is 12.1 Å². The molecule has 182 valence electrons. The number of hydrogen-bond acceptors (Lipinski definition) is 6. The first-order chi connectivity index (χ1) is 15.9. The Morgan fingerprint density at radius 1 is 1.21 bits per heavy atom. The Morgan fingerprint density at radius 2 is 1.94 bits per heavy atom. The third-order valence-corrected chi connectivity index (χ3v) is 5.16. The van der Waals surface area contributed by atoms with Gasteiger partial charge in [-0.05, 0) is 49.4 Å². The monoisotopic (exact) mass is 493 g/mol. The minimum absolute atomic E-state index is 0. The van der Waals surface area contributed by atoms with Crippen molar-refractivity contribution in [1.29, 1.82) is 0 Å². The summed E-state index contributed by atoms with van der Waals surface area (Å²) in [6.45, 7) is -0.570. The minimum atomic E-state index is -2.98. The fraction of sp³-hybridized carbons (Fsp3) is 0.333. The molecule has 0 spiro atoms. The Balaban J connectivity index is 0.00000324. The molecule has 0 saturated heterocycles. The molecule has 1 aliphatic rings. The number of amides is 1. The van der Waals surface area contributed by atoms with Crippen molar-refractivity contribution >= 4 is 18.3 Å². The average molecular weight is 494 g/mol. The van der Waals surface area contributed by atoms with Gasteiger partial charge in [0.2, 0.25) is 5.89 Å². The normalized spacial score (nSPS) is 13.8. The highest BCUT2D eigenvalue weighted by Gasteiger charge is 2.26. The van der Waals surface area contributed by atoms with Gasteiger partial charge in [-0.15, -0.1) is 12.4 Å². The lowest BCUT2D eigenvalue weighted by atomic mass is 10.2. The van der Waals surface area contributed by atoms with Gasteiger partial charge < -0.3 is 24.9 Å². The van der Waals surface area contributed by atoms with Gasteiger partial charge >= 0.3 is 6.61 Å². The van der Waals surface area contributed by atoms with Crippen LogP contribution < -0.4 is 20.5 Å². The van der Waals surface area contributed by atoms with E-state index in [0.717, 1.165) is 18.4 Å². The number of aromatic nitrogens is 1. The van der Waals surface area contributed by atoms with Crippen LogP contribution in [0.4, 0.5) is 8.78 Å². The SMILES string of the molecule is C[C@H](N)c1oc(-c2ccc(OC(F)F)c(OCC3CC3)c2)nc1C(=O)NCc1ccccc1.Cl. The number of nitrogens with one attached hydrogen (secondary N) is 1. The average Bonchev–Trinajstić information content (AvgIpc) is 3.52. The molecule has 3 aromatic rings. The molecule has 0 radical (unpaired) electrons. The van der Waals surface area contributed by atoms with E-state index >= 15 is 0 Å². The van der Waals surface area contributed by atoms with Gasteiger partial charge in [-0.2, -0.15) is 8.78 Å². The predicted octanol–water partition coefficient (Wildman–Crippen LogP) is 5.10. The van der Waals surface area contributed by atoms with Gasteiger partial charge in [-0.3, -0.25) is 4.79 Å². The van der Waals surface area contributed by atoms with Gasteiger partial charge in [0.1, 0.15) is 0 Å². The molecule has 7 nitrogen and oxygen atoms in total. The summed E-state index contributed by atoms with van der Waals surface area (Å²) >= 11 is 0. The second-order valence-corrected chi connectivity index (χ2v) is 7.98. The van der Waals surface area contributed by atoms with Crippen molar-refractivity contribution in [2.24, 2.45) is 11.7 Å². The summed E-state index contributed by atoms with van der Waals surface area (Å²) in [5.74, 6) is 0.434. The number of nitrogens with zero attached hydrogens (tertiary/aromatic N) is 1. The van der Waals surface area contributed by atoms with Gasteiger partial charge in [-0.25, -0.2) is 4.98 Å². The molecular formula is C24H26ClF2N3O4. The molecule has 0 aliphatic heterocycles. The number of nitrogens with two attached hydrogens (primary N) is 1. The van der Waals surface area contributed by atoms with E-state index in [-0.39, 0.29) is 41.3 Å². The topological polar surface area (TPSA) is 99.6 Å². The molecule has 0 unspecified atom stereocenters. The molecular weight excluding hydrogens is 468 g/mol. The minimum Gasteiger partial charge on any atom is -0.489 e. The van der Waals surface area contributed by atoms with E-state index in [1.165, 1.54) is 18.2 Å². The molecule has 10 heteroatoms. The maximum atomic E-state index is 12.8. The van der Waals surface area contributed by atoms with Crippen LogP contribution in [-0.2, 0) is 6.54 Å². The summed E-state index contributed by atoms with van der Waals surface area (Å²) < 4.78 is 41.7. The number of rotatable bonds is 10. The lowest BCUT2D eigenvalue weighted by Gasteiger charge is -2.12. The van der Waals surface area contributed by atoms with Crippen molar-refractivity contribution in [3.05, 3.63) is 65.5 Å². The van der Waals surface area contributed by atoms with Gasteiger partial charge in [0.25, 0.3) is 5.91 Å². The fourth-order valence-corrected chi connectivity index (χ4v) is 3.23. The molecule has 1 saturated carbocycles. The third-order valence-electron chi connectivity index (χ3n) is 5.16. The van der Waals surface area contributed by atoms with E-state index in [0.29, 0.717) is 24.6 Å². The van der Waals surface area contributed by atoms with Gasteiger partial charge in [-0.1, -0.05) is 30.3 Å². The van der Waals surface area contributed by atoms with Crippen LogP contribution in [0.2, 0.25) is 0 Å². The molecule has 4 rings (SSSR count). The van der Waals surface area contributed by atoms with Crippen LogP contribution in [0.1, 0.15) is 47.6 Å². The molecule has 3 N–H and O–H groups in total. The van der Waals surface area contributed by atoms with Crippen LogP contribution >= 0.6 is 12.4 Å². The van der Waals surface area contributed by atoms with E-state index in [1.807, 2.05) is 30.3 Å².